The number of esters is 1. The summed E-state index contributed by atoms with van der Waals surface area (Å²) in [5.74, 6) is -0.352. The van der Waals surface area contributed by atoms with Crippen molar-refractivity contribution in [2.24, 2.45) is 0 Å². The molecule has 0 atom stereocenters. The van der Waals surface area contributed by atoms with Crippen molar-refractivity contribution < 1.29 is 9.53 Å². The Balaban J connectivity index is 3.32. The zero-order chi connectivity index (χ0) is 10.7. The van der Waals surface area contributed by atoms with E-state index in [2.05, 4.69) is 20.7 Å². The van der Waals surface area contributed by atoms with Crippen LogP contribution in [0.25, 0.3) is 0 Å². The predicted octanol–water partition coefficient (Wildman–Crippen LogP) is 2.38. The van der Waals surface area contributed by atoms with Crippen LogP contribution in [0, 0.1) is 0 Å². The maximum absolute atomic E-state index is 11.4. The number of carbonyl (C=O) groups excluding carboxylic acids is 1. The molecule has 0 aromatic heterocycles. The van der Waals surface area contributed by atoms with E-state index in [1.165, 1.54) is 7.11 Å². The lowest BCUT2D eigenvalue weighted by atomic mass is 10.0. The lowest BCUT2D eigenvalue weighted by molar-refractivity contribution is 0.0599. The molecule has 0 saturated carbocycles. The molecule has 14 heavy (non-hydrogen) atoms. The SMILES string of the molecule is CCc1c(N)cc(Br)cc1C(=O)OC. The normalized spacial score (nSPS) is 9.93. The average molecular weight is 258 g/mol. The molecule has 0 aliphatic carbocycles. The number of halogens is 1. The van der Waals surface area contributed by atoms with Crippen molar-refractivity contribution in [2.45, 2.75) is 13.3 Å². The minimum Gasteiger partial charge on any atom is -0.465 e. The van der Waals surface area contributed by atoms with E-state index in [1.54, 1.807) is 12.1 Å². The quantitative estimate of drug-likeness (QED) is 0.654. The summed E-state index contributed by atoms with van der Waals surface area (Å²) in [5, 5.41) is 0. The van der Waals surface area contributed by atoms with E-state index >= 15 is 0 Å². The van der Waals surface area contributed by atoms with Gasteiger partial charge in [-0.2, -0.15) is 0 Å². The summed E-state index contributed by atoms with van der Waals surface area (Å²) in [6, 6.07) is 3.51. The van der Waals surface area contributed by atoms with Gasteiger partial charge in [0.15, 0.2) is 0 Å². The van der Waals surface area contributed by atoms with Gasteiger partial charge in [-0.3, -0.25) is 0 Å². The smallest absolute Gasteiger partial charge is 0.338 e. The Hall–Kier alpha value is -1.03. The Labute approximate surface area is 91.4 Å². The second kappa shape index (κ2) is 4.46. The Kier molecular flexibility index (Phi) is 3.52. The zero-order valence-corrected chi connectivity index (χ0v) is 9.72. The Morgan fingerprint density at radius 3 is 2.71 bits per heavy atom. The van der Waals surface area contributed by atoms with E-state index in [9.17, 15) is 4.79 Å². The molecule has 1 aromatic rings. The molecule has 0 amide bonds. The molecule has 0 saturated heterocycles. The van der Waals surface area contributed by atoms with Crippen molar-refractivity contribution in [1.82, 2.24) is 0 Å². The third-order valence-electron chi connectivity index (χ3n) is 2.01. The molecule has 0 bridgehead atoms. The van der Waals surface area contributed by atoms with Gasteiger partial charge in [-0.15, -0.1) is 0 Å². The van der Waals surface area contributed by atoms with E-state index < -0.39 is 0 Å². The summed E-state index contributed by atoms with van der Waals surface area (Å²) in [5.41, 5.74) is 7.76. The highest BCUT2D eigenvalue weighted by atomic mass is 79.9. The number of rotatable bonds is 2. The minimum absolute atomic E-state index is 0.352. The number of hydrogen-bond donors (Lipinski definition) is 1. The minimum atomic E-state index is -0.352. The Bertz CT molecular complexity index is 363. The molecular formula is C10H12BrNO2. The Morgan fingerprint density at radius 1 is 1.57 bits per heavy atom. The first-order chi connectivity index (χ1) is 6.60. The van der Waals surface area contributed by atoms with E-state index in [1.807, 2.05) is 6.92 Å². The highest BCUT2D eigenvalue weighted by Crippen LogP contribution is 2.24. The monoisotopic (exact) mass is 257 g/mol. The molecule has 0 radical (unpaired) electrons. The van der Waals surface area contributed by atoms with Gasteiger partial charge < -0.3 is 10.5 Å². The number of carbonyl (C=O) groups is 1. The van der Waals surface area contributed by atoms with Gasteiger partial charge in [0.25, 0.3) is 0 Å². The van der Waals surface area contributed by atoms with Gasteiger partial charge in [0.2, 0.25) is 0 Å². The largest absolute Gasteiger partial charge is 0.465 e. The van der Waals surface area contributed by atoms with Crippen LogP contribution in [-0.2, 0) is 11.2 Å². The summed E-state index contributed by atoms with van der Waals surface area (Å²) in [4.78, 5) is 11.4. The lowest BCUT2D eigenvalue weighted by Gasteiger charge is -2.09. The number of benzene rings is 1. The summed E-state index contributed by atoms with van der Waals surface area (Å²) < 4.78 is 5.46. The third-order valence-corrected chi connectivity index (χ3v) is 2.47. The van der Waals surface area contributed by atoms with Crippen molar-refractivity contribution >= 4 is 27.6 Å². The molecule has 0 aliphatic heterocycles. The first-order valence-electron chi connectivity index (χ1n) is 4.26. The summed E-state index contributed by atoms with van der Waals surface area (Å²) in [7, 11) is 1.36. The molecule has 0 unspecified atom stereocenters. The lowest BCUT2D eigenvalue weighted by Crippen LogP contribution is -2.07. The van der Waals surface area contributed by atoms with Crippen molar-refractivity contribution in [1.29, 1.82) is 0 Å². The number of ether oxygens (including phenoxy) is 1. The number of nitrogens with two attached hydrogens (primary N) is 1. The van der Waals surface area contributed by atoms with E-state index in [4.69, 9.17) is 5.73 Å². The van der Waals surface area contributed by atoms with Crippen LogP contribution in [0.15, 0.2) is 16.6 Å². The summed E-state index contributed by atoms with van der Waals surface area (Å²) in [6.07, 6.45) is 0.712. The Morgan fingerprint density at radius 2 is 2.21 bits per heavy atom. The molecule has 76 valence electrons. The first-order valence-corrected chi connectivity index (χ1v) is 5.05. The predicted molar refractivity (Wildman–Crippen MR) is 59.3 cm³/mol. The second-order valence-corrected chi connectivity index (χ2v) is 3.78. The van der Waals surface area contributed by atoms with E-state index in [-0.39, 0.29) is 5.97 Å². The van der Waals surface area contributed by atoms with Crippen molar-refractivity contribution in [2.75, 3.05) is 12.8 Å². The van der Waals surface area contributed by atoms with Crippen LogP contribution in [0.4, 0.5) is 5.69 Å². The fourth-order valence-electron chi connectivity index (χ4n) is 1.34. The van der Waals surface area contributed by atoms with Gasteiger partial charge in [0.1, 0.15) is 0 Å². The van der Waals surface area contributed by atoms with Gasteiger partial charge in [-0.1, -0.05) is 22.9 Å². The fraction of sp³-hybridized carbons (Fsp3) is 0.300. The van der Waals surface area contributed by atoms with Crippen LogP contribution in [-0.4, -0.2) is 13.1 Å². The molecule has 1 aromatic carbocycles. The maximum Gasteiger partial charge on any atom is 0.338 e. The topological polar surface area (TPSA) is 52.3 Å². The first kappa shape index (κ1) is 11.0. The van der Waals surface area contributed by atoms with E-state index in [0.717, 1.165) is 10.0 Å². The summed E-state index contributed by atoms with van der Waals surface area (Å²) >= 11 is 3.29. The van der Waals surface area contributed by atoms with Gasteiger partial charge in [-0.25, -0.2) is 4.79 Å². The molecule has 0 fully saturated rings. The molecule has 0 heterocycles. The molecular weight excluding hydrogens is 246 g/mol. The number of anilines is 1. The van der Waals surface area contributed by atoms with Gasteiger partial charge in [-0.05, 0) is 24.1 Å². The zero-order valence-electron chi connectivity index (χ0n) is 8.13. The molecule has 2 N–H and O–H groups in total. The number of hydrogen-bond acceptors (Lipinski definition) is 3. The number of methoxy groups -OCH3 is 1. The van der Waals surface area contributed by atoms with Gasteiger partial charge in [0.05, 0.1) is 12.7 Å². The highest BCUT2D eigenvalue weighted by molar-refractivity contribution is 9.10. The molecule has 3 nitrogen and oxygen atoms in total. The van der Waals surface area contributed by atoms with Crippen LogP contribution >= 0.6 is 15.9 Å². The van der Waals surface area contributed by atoms with Crippen molar-refractivity contribution in [3.05, 3.63) is 27.7 Å². The maximum atomic E-state index is 11.4. The van der Waals surface area contributed by atoms with Crippen LogP contribution in [0.2, 0.25) is 0 Å². The molecule has 4 heteroatoms. The molecule has 0 aliphatic rings. The van der Waals surface area contributed by atoms with Crippen LogP contribution in [0.1, 0.15) is 22.8 Å². The average Bonchev–Trinajstić information content (AvgIpc) is 2.15. The van der Waals surface area contributed by atoms with Crippen molar-refractivity contribution in [3.8, 4) is 0 Å². The van der Waals surface area contributed by atoms with Gasteiger partial charge >= 0.3 is 5.97 Å². The van der Waals surface area contributed by atoms with E-state index in [0.29, 0.717) is 17.7 Å². The van der Waals surface area contributed by atoms with Crippen molar-refractivity contribution in [3.63, 3.8) is 0 Å². The van der Waals surface area contributed by atoms with Crippen LogP contribution in [0.3, 0.4) is 0 Å². The van der Waals surface area contributed by atoms with Crippen LogP contribution < -0.4 is 5.73 Å². The standard InChI is InChI=1S/C10H12BrNO2/c1-3-7-8(10(13)14-2)4-6(11)5-9(7)12/h4-5H,3,12H2,1-2H3. The summed E-state index contributed by atoms with van der Waals surface area (Å²) in [6.45, 7) is 1.95. The molecule has 0 spiro atoms. The van der Waals surface area contributed by atoms with Crippen LogP contribution in [0.5, 0.6) is 0 Å². The fourth-order valence-corrected chi connectivity index (χ4v) is 1.82. The van der Waals surface area contributed by atoms with Gasteiger partial charge in [0, 0.05) is 10.2 Å². The highest BCUT2D eigenvalue weighted by Gasteiger charge is 2.13. The second-order valence-electron chi connectivity index (χ2n) is 2.87. The third kappa shape index (κ3) is 2.07. The molecule has 1 rings (SSSR count). The number of nitrogen functional groups attached to an aromatic ring is 1.